The fourth-order valence-corrected chi connectivity index (χ4v) is 5.00. The van der Waals surface area contributed by atoms with E-state index in [1.807, 2.05) is 31.2 Å². The number of halogens is 1. The molecule has 1 aromatic carbocycles. The second-order valence-electron chi connectivity index (χ2n) is 7.12. The zero-order valence-electron chi connectivity index (χ0n) is 16.1. The Morgan fingerprint density at radius 2 is 2.31 bits per heavy atom. The van der Waals surface area contributed by atoms with Crippen LogP contribution in [-0.4, -0.2) is 42.7 Å². The van der Waals surface area contributed by atoms with Crippen LogP contribution in [0.3, 0.4) is 0 Å². The maximum atomic E-state index is 12.1. The second kappa shape index (κ2) is 7.58. The smallest absolute Gasteiger partial charge is 0.409 e. The summed E-state index contributed by atoms with van der Waals surface area (Å²) in [5, 5.41) is 13.5. The first kappa shape index (κ1) is 19.6. The molecule has 1 atom stereocenters. The van der Waals surface area contributed by atoms with E-state index in [9.17, 15) is 10.1 Å². The van der Waals surface area contributed by atoms with Crippen molar-refractivity contribution in [3.05, 3.63) is 51.8 Å². The summed E-state index contributed by atoms with van der Waals surface area (Å²) >= 11 is 7.39. The zero-order chi connectivity index (χ0) is 20.6. The van der Waals surface area contributed by atoms with Crippen molar-refractivity contribution in [2.24, 2.45) is 0 Å². The number of rotatable bonds is 3. The van der Waals surface area contributed by atoms with Crippen LogP contribution < -0.4 is 10.2 Å². The number of methoxy groups -OCH3 is 1. The van der Waals surface area contributed by atoms with Gasteiger partial charge in [0, 0.05) is 30.7 Å². The van der Waals surface area contributed by atoms with E-state index in [0.29, 0.717) is 34.7 Å². The van der Waals surface area contributed by atoms with Crippen LogP contribution in [0.2, 0.25) is 4.34 Å². The first-order valence-corrected chi connectivity index (χ1v) is 10.4. The highest BCUT2D eigenvalue weighted by atomic mass is 35.5. The van der Waals surface area contributed by atoms with E-state index in [0.717, 1.165) is 23.5 Å². The third-order valence-electron chi connectivity index (χ3n) is 5.51. The monoisotopic (exact) mass is 429 g/mol. The van der Waals surface area contributed by atoms with Crippen LogP contribution in [0.5, 0.6) is 0 Å². The Labute approximate surface area is 178 Å². The Morgan fingerprint density at radius 1 is 1.48 bits per heavy atom. The van der Waals surface area contributed by atoms with Gasteiger partial charge in [-0.15, -0.1) is 0 Å². The molecule has 29 heavy (non-hydrogen) atoms. The summed E-state index contributed by atoms with van der Waals surface area (Å²) in [6.07, 6.45) is 4.09. The number of likely N-dealkylation sites (tertiary alicyclic amines) is 1. The summed E-state index contributed by atoms with van der Waals surface area (Å²) in [4.78, 5) is 20.3. The van der Waals surface area contributed by atoms with Crippen molar-refractivity contribution >= 4 is 39.8 Å². The summed E-state index contributed by atoms with van der Waals surface area (Å²) in [7, 11) is 1.40. The molecular weight excluding hydrogens is 410 g/mol. The number of hydrogen-bond donors (Lipinski definition) is 1. The Morgan fingerprint density at radius 3 is 2.97 bits per heavy atom. The number of fused-ring (bicyclic) bond motifs is 2. The molecule has 1 saturated heterocycles. The molecule has 1 N–H and O–H groups in total. The number of amides is 1. The molecule has 1 spiro atoms. The van der Waals surface area contributed by atoms with Crippen LogP contribution in [0.25, 0.3) is 0 Å². The van der Waals surface area contributed by atoms with Crippen LogP contribution in [0.4, 0.5) is 15.6 Å². The molecule has 1 aromatic heterocycles. The Kier molecular flexibility index (Phi) is 5.11. The number of nitriles is 1. The molecule has 1 amide bonds. The molecule has 2 aliphatic rings. The van der Waals surface area contributed by atoms with E-state index in [-0.39, 0.29) is 11.5 Å². The van der Waals surface area contributed by atoms with Gasteiger partial charge in [0.1, 0.15) is 10.2 Å². The highest BCUT2D eigenvalue weighted by Crippen LogP contribution is 2.48. The Bertz CT molecular complexity index is 1030. The molecule has 0 radical (unpaired) electrons. The lowest BCUT2D eigenvalue weighted by molar-refractivity contribution is 0.131. The molecule has 150 valence electrons. The van der Waals surface area contributed by atoms with Crippen molar-refractivity contribution in [3.8, 4) is 6.07 Å². The van der Waals surface area contributed by atoms with Crippen molar-refractivity contribution in [1.82, 2.24) is 9.88 Å². The Balaban J connectivity index is 1.71. The van der Waals surface area contributed by atoms with E-state index in [2.05, 4.69) is 21.3 Å². The van der Waals surface area contributed by atoms with Gasteiger partial charge in [-0.1, -0.05) is 22.9 Å². The molecule has 3 heterocycles. The molecule has 0 saturated carbocycles. The maximum absolute atomic E-state index is 12.1. The average Bonchev–Trinajstić information content (AvgIpc) is 3.44. The second-order valence-corrected chi connectivity index (χ2v) is 8.78. The molecule has 0 bridgehead atoms. The Hall–Kier alpha value is -2.76. The average molecular weight is 430 g/mol. The molecule has 1 unspecified atom stereocenters. The topological polar surface area (TPSA) is 81.5 Å². The van der Waals surface area contributed by atoms with Gasteiger partial charge >= 0.3 is 6.09 Å². The predicted molar refractivity (Wildman–Crippen MR) is 113 cm³/mol. The van der Waals surface area contributed by atoms with Gasteiger partial charge in [-0.3, -0.25) is 0 Å². The van der Waals surface area contributed by atoms with Gasteiger partial charge in [0.25, 0.3) is 0 Å². The molecule has 4 rings (SSSR count). The van der Waals surface area contributed by atoms with Crippen LogP contribution >= 0.6 is 22.9 Å². The molecule has 0 aliphatic carbocycles. The van der Waals surface area contributed by atoms with Gasteiger partial charge < -0.3 is 19.9 Å². The number of carbonyl (C=O) groups is 1. The zero-order valence-corrected chi connectivity index (χ0v) is 17.7. The number of nitrogens with zero attached hydrogens (tertiary/aromatic N) is 4. The lowest BCUT2D eigenvalue weighted by Gasteiger charge is -2.27. The van der Waals surface area contributed by atoms with Crippen molar-refractivity contribution in [2.45, 2.75) is 18.8 Å². The van der Waals surface area contributed by atoms with Crippen molar-refractivity contribution in [2.75, 3.05) is 37.0 Å². The van der Waals surface area contributed by atoms with Gasteiger partial charge in [-0.25, -0.2) is 9.78 Å². The number of nitrogens with one attached hydrogen (secondary N) is 1. The number of aromatic nitrogens is 1. The SMILES string of the molecule is CC=C(Nc1ncc(Cl)s1)N1CC2(CCN(C(=O)OC)C2)c2cc(C#N)ccc21. The molecule has 2 aliphatic heterocycles. The highest BCUT2D eigenvalue weighted by molar-refractivity contribution is 7.19. The fourth-order valence-electron chi connectivity index (χ4n) is 4.18. The van der Waals surface area contributed by atoms with E-state index < -0.39 is 0 Å². The third-order valence-corrected chi connectivity index (χ3v) is 6.54. The molecular formula is C20H20ClN5O2S. The van der Waals surface area contributed by atoms with Crippen molar-refractivity contribution in [1.29, 1.82) is 5.26 Å². The first-order valence-electron chi connectivity index (χ1n) is 9.19. The number of carbonyl (C=O) groups excluding carboxylic acids is 1. The summed E-state index contributed by atoms with van der Waals surface area (Å²) in [6.45, 7) is 3.83. The molecule has 7 nitrogen and oxygen atoms in total. The van der Waals surface area contributed by atoms with E-state index in [4.69, 9.17) is 16.3 Å². The highest BCUT2D eigenvalue weighted by Gasteiger charge is 2.49. The summed E-state index contributed by atoms with van der Waals surface area (Å²) in [5.41, 5.74) is 2.47. The van der Waals surface area contributed by atoms with Gasteiger partial charge in [0.15, 0.2) is 5.13 Å². The standard InChI is InChI=1S/C20H20ClN5O2S/c1-3-17(24-18-23-10-16(21)29-18)26-12-20(6-7-25(11-20)19(27)28-2)14-8-13(9-22)4-5-15(14)26/h3-5,8,10H,6-7,11-12H2,1-2H3,(H,23,24). The molecule has 1 fully saturated rings. The quantitative estimate of drug-likeness (QED) is 0.788. The molecule has 9 heteroatoms. The van der Waals surface area contributed by atoms with Gasteiger partial charge in [-0.05, 0) is 43.2 Å². The van der Waals surface area contributed by atoms with E-state index in [1.54, 1.807) is 11.1 Å². The van der Waals surface area contributed by atoms with Crippen LogP contribution in [0.1, 0.15) is 24.5 Å². The maximum Gasteiger partial charge on any atom is 0.409 e. The summed E-state index contributed by atoms with van der Waals surface area (Å²) < 4.78 is 5.54. The van der Waals surface area contributed by atoms with E-state index >= 15 is 0 Å². The number of anilines is 2. The van der Waals surface area contributed by atoms with Crippen molar-refractivity contribution < 1.29 is 9.53 Å². The van der Waals surface area contributed by atoms with Gasteiger partial charge in [-0.2, -0.15) is 5.26 Å². The lowest BCUT2D eigenvalue weighted by atomic mass is 9.81. The minimum atomic E-state index is -0.319. The van der Waals surface area contributed by atoms with Crippen LogP contribution in [0.15, 0.2) is 36.3 Å². The van der Waals surface area contributed by atoms with Gasteiger partial charge in [0.2, 0.25) is 0 Å². The predicted octanol–water partition coefficient (Wildman–Crippen LogP) is 4.17. The van der Waals surface area contributed by atoms with Gasteiger partial charge in [0.05, 0.1) is 24.9 Å². The largest absolute Gasteiger partial charge is 0.453 e. The number of thiazole rings is 1. The van der Waals surface area contributed by atoms with Crippen LogP contribution in [-0.2, 0) is 10.2 Å². The number of hydrogen-bond acceptors (Lipinski definition) is 7. The van der Waals surface area contributed by atoms with E-state index in [1.165, 1.54) is 18.4 Å². The number of ether oxygens (including phenoxy) is 1. The lowest BCUT2D eigenvalue weighted by Crippen LogP contribution is -2.38. The number of benzene rings is 1. The minimum Gasteiger partial charge on any atom is -0.453 e. The third kappa shape index (κ3) is 3.41. The number of allylic oxidation sites excluding steroid dienone is 1. The van der Waals surface area contributed by atoms with Crippen molar-refractivity contribution in [3.63, 3.8) is 0 Å². The minimum absolute atomic E-state index is 0.257. The fraction of sp³-hybridized carbons (Fsp3) is 0.350. The molecule has 2 aromatic rings. The first-order chi connectivity index (χ1) is 14.0. The van der Waals surface area contributed by atoms with Crippen LogP contribution in [0, 0.1) is 11.3 Å². The summed E-state index contributed by atoms with van der Waals surface area (Å²) in [6, 6.07) is 7.98. The normalized spacial score (nSPS) is 20.7. The summed E-state index contributed by atoms with van der Waals surface area (Å²) in [5.74, 6) is 0.885.